The minimum Gasteiger partial charge on any atom is -0.316 e. The van der Waals surface area contributed by atoms with Gasteiger partial charge in [0.25, 0.3) is 5.91 Å². The maximum atomic E-state index is 12.9. The Kier molecular flexibility index (Phi) is 8.09. The molecule has 0 saturated carbocycles. The fourth-order valence-corrected chi connectivity index (χ4v) is 6.27. The van der Waals surface area contributed by atoms with E-state index in [1.54, 1.807) is 6.07 Å². The van der Waals surface area contributed by atoms with Crippen LogP contribution in [0.1, 0.15) is 43.5 Å². The van der Waals surface area contributed by atoms with E-state index >= 15 is 0 Å². The zero-order valence-corrected chi connectivity index (χ0v) is 21.7. The molecule has 3 rings (SSSR count). The van der Waals surface area contributed by atoms with Gasteiger partial charge in [0, 0.05) is 25.7 Å². The molecule has 0 atom stereocenters. The topological polar surface area (TPSA) is 132 Å². The molecule has 0 spiro atoms. The molecule has 3 aromatic rings. The Balaban J connectivity index is 1.97. The van der Waals surface area contributed by atoms with Crippen LogP contribution in [0.5, 0.6) is 0 Å². The molecule has 9 nitrogen and oxygen atoms in total. The summed E-state index contributed by atoms with van der Waals surface area (Å²) in [4.78, 5) is 17.6. The Morgan fingerprint density at radius 3 is 2.26 bits per heavy atom. The van der Waals surface area contributed by atoms with Crippen molar-refractivity contribution in [1.82, 2.24) is 8.87 Å². The maximum Gasteiger partial charge on any atom is 0.279 e. The largest absolute Gasteiger partial charge is 0.316 e. The van der Waals surface area contributed by atoms with Crippen LogP contribution in [0, 0.1) is 0 Å². The highest BCUT2D eigenvalue weighted by molar-refractivity contribution is 7.89. The molecule has 2 aromatic carbocycles. The summed E-state index contributed by atoms with van der Waals surface area (Å²) in [6.07, 6.45) is 2.42. The number of primary sulfonamides is 1. The van der Waals surface area contributed by atoms with Gasteiger partial charge in [0.1, 0.15) is 0 Å². The number of aromatic nitrogens is 1. The Bertz CT molecular complexity index is 1470. The molecular weight excluding hydrogens is 496 g/mol. The highest BCUT2D eigenvalue weighted by Gasteiger charge is 2.20. The van der Waals surface area contributed by atoms with E-state index in [2.05, 4.69) is 4.99 Å². The first-order valence-corrected chi connectivity index (χ1v) is 14.6. The van der Waals surface area contributed by atoms with Crippen LogP contribution < -0.4 is 9.94 Å². The summed E-state index contributed by atoms with van der Waals surface area (Å²) in [7, 11) is -5.95. The third-order valence-electron chi connectivity index (χ3n) is 5.26. The lowest BCUT2D eigenvalue weighted by Crippen LogP contribution is -2.27. The number of rotatable bonds is 9. The van der Waals surface area contributed by atoms with Gasteiger partial charge >= 0.3 is 0 Å². The predicted octanol–water partition coefficient (Wildman–Crippen LogP) is 2.92. The summed E-state index contributed by atoms with van der Waals surface area (Å²) >= 11 is 1.19. The van der Waals surface area contributed by atoms with Gasteiger partial charge in [-0.05, 0) is 55.3 Å². The average Bonchev–Trinajstić information content (AvgIpc) is 3.13. The summed E-state index contributed by atoms with van der Waals surface area (Å²) in [6, 6.07) is 10.3. The van der Waals surface area contributed by atoms with Crippen molar-refractivity contribution in [3.8, 4) is 0 Å². The lowest BCUT2D eigenvalue weighted by molar-refractivity contribution is 0.0997. The molecule has 1 heterocycles. The number of unbranched alkanes of at least 4 members (excludes halogenated alkanes) is 1. The van der Waals surface area contributed by atoms with Gasteiger partial charge in [0.15, 0.2) is 4.80 Å². The van der Waals surface area contributed by atoms with Gasteiger partial charge in [-0.2, -0.15) is 4.99 Å². The van der Waals surface area contributed by atoms with E-state index in [0.29, 0.717) is 22.6 Å². The Hall–Kier alpha value is -2.38. The first-order valence-electron chi connectivity index (χ1n) is 10.8. The average molecular weight is 525 g/mol. The number of benzene rings is 2. The van der Waals surface area contributed by atoms with Gasteiger partial charge in [-0.25, -0.2) is 26.3 Å². The SMILES string of the molecule is CCCCN(C)S(=O)(=O)c1ccc(C(=O)N=c2sc3cc(S(N)(=O)=O)ccc3n2CCC)cc1. The smallest absolute Gasteiger partial charge is 0.279 e. The lowest BCUT2D eigenvalue weighted by atomic mass is 10.2. The van der Waals surface area contributed by atoms with E-state index < -0.39 is 26.0 Å². The molecule has 2 N–H and O–H groups in total. The first-order chi connectivity index (χ1) is 16.0. The van der Waals surface area contributed by atoms with E-state index in [4.69, 9.17) is 5.14 Å². The van der Waals surface area contributed by atoms with E-state index in [1.165, 1.54) is 59.1 Å². The number of carbonyl (C=O) groups is 1. The van der Waals surface area contributed by atoms with E-state index in [1.807, 2.05) is 18.4 Å². The van der Waals surface area contributed by atoms with Crippen LogP contribution in [0.3, 0.4) is 0 Å². The fourth-order valence-electron chi connectivity index (χ4n) is 3.36. The number of hydrogen-bond acceptors (Lipinski definition) is 6. The summed E-state index contributed by atoms with van der Waals surface area (Å²) in [5.74, 6) is -0.522. The lowest BCUT2D eigenvalue weighted by Gasteiger charge is -2.16. The monoisotopic (exact) mass is 524 g/mol. The van der Waals surface area contributed by atoms with E-state index in [9.17, 15) is 21.6 Å². The molecule has 0 aliphatic carbocycles. The van der Waals surface area contributed by atoms with Gasteiger partial charge in [-0.3, -0.25) is 4.79 Å². The Morgan fingerprint density at radius 2 is 1.68 bits per heavy atom. The first kappa shape index (κ1) is 26.2. The standard InChI is InChI=1S/C22H28N4O5S3/c1-4-6-14-25(3)34(30,31)17-9-7-16(8-10-17)21(27)24-22-26(13-5-2)19-12-11-18(33(23,28)29)15-20(19)32-22/h7-12,15H,4-6,13-14H2,1-3H3,(H2,23,28,29). The van der Waals surface area contributed by atoms with Crippen molar-refractivity contribution < 1.29 is 21.6 Å². The summed E-state index contributed by atoms with van der Waals surface area (Å²) in [5.41, 5.74) is 1.00. The number of hydrogen-bond donors (Lipinski definition) is 1. The number of carbonyl (C=O) groups excluding carboxylic acids is 1. The minimum absolute atomic E-state index is 0.0107. The summed E-state index contributed by atoms with van der Waals surface area (Å²) in [6.45, 7) is 4.98. The minimum atomic E-state index is -3.86. The van der Waals surface area contributed by atoms with Crippen LogP contribution in [0.2, 0.25) is 0 Å². The van der Waals surface area contributed by atoms with Crippen LogP contribution in [0.4, 0.5) is 0 Å². The van der Waals surface area contributed by atoms with Crippen LogP contribution in [0.25, 0.3) is 10.2 Å². The second-order valence-electron chi connectivity index (χ2n) is 7.83. The van der Waals surface area contributed by atoms with Gasteiger partial charge in [-0.1, -0.05) is 31.6 Å². The maximum absolute atomic E-state index is 12.9. The number of nitrogens with zero attached hydrogens (tertiary/aromatic N) is 3. The normalized spacial score (nSPS) is 13.1. The quantitative estimate of drug-likeness (QED) is 0.460. The molecule has 0 saturated heterocycles. The Labute approximate surface area is 203 Å². The van der Waals surface area contributed by atoms with Crippen molar-refractivity contribution in [2.45, 2.75) is 49.4 Å². The summed E-state index contributed by atoms with van der Waals surface area (Å²) < 4.78 is 52.6. The molecule has 1 amide bonds. The molecule has 1 aromatic heterocycles. The molecular formula is C22H28N4O5S3. The molecule has 184 valence electrons. The number of sulfonamides is 2. The number of thiazole rings is 1. The number of aryl methyl sites for hydroxylation is 1. The molecule has 0 aliphatic heterocycles. The van der Waals surface area contributed by atoms with Crippen molar-refractivity contribution in [1.29, 1.82) is 0 Å². The van der Waals surface area contributed by atoms with E-state index in [-0.39, 0.29) is 15.4 Å². The second-order valence-corrected chi connectivity index (χ2v) is 12.4. The van der Waals surface area contributed by atoms with Crippen LogP contribution in [0.15, 0.2) is 57.2 Å². The van der Waals surface area contributed by atoms with Crippen molar-refractivity contribution in [2.75, 3.05) is 13.6 Å². The van der Waals surface area contributed by atoms with Gasteiger partial charge in [-0.15, -0.1) is 0 Å². The number of amides is 1. The molecule has 0 bridgehead atoms. The molecule has 34 heavy (non-hydrogen) atoms. The van der Waals surface area contributed by atoms with Crippen LogP contribution >= 0.6 is 11.3 Å². The fraction of sp³-hybridized carbons (Fsp3) is 0.364. The highest BCUT2D eigenvalue weighted by atomic mass is 32.2. The van der Waals surface area contributed by atoms with Crippen molar-refractivity contribution in [2.24, 2.45) is 10.1 Å². The number of nitrogens with two attached hydrogens (primary N) is 1. The van der Waals surface area contributed by atoms with Crippen molar-refractivity contribution >= 4 is 47.5 Å². The third kappa shape index (κ3) is 5.63. The zero-order valence-electron chi connectivity index (χ0n) is 19.3. The van der Waals surface area contributed by atoms with Gasteiger partial charge in [0.05, 0.1) is 20.0 Å². The third-order valence-corrected chi connectivity index (χ3v) is 9.09. The van der Waals surface area contributed by atoms with Crippen molar-refractivity contribution in [3.63, 3.8) is 0 Å². The molecule has 0 aliphatic rings. The van der Waals surface area contributed by atoms with Crippen LogP contribution in [-0.2, 0) is 26.6 Å². The molecule has 0 unspecified atom stereocenters. The summed E-state index contributed by atoms with van der Waals surface area (Å²) in [5, 5.41) is 5.24. The van der Waals surface area contributed by atoms with Crippen LogP contribution in [-0.4, -0.2) is 45.2 Å². The highest BCUT2D eigenvalue weighted by Crippen LogP contribution is 2.22. The molecule has 0 radical (unpaired) electrons. The zero-order chi connectivity index (χ0) is 25.1. The molecule has 0 fully saturated rings. The Morgan fingerprint density at radius 1 is 1.03 bits per heavy atom. The van der Waals surface area contributed by atoms with Crippen molar-refractivity contribution in [3.05, 3.63) is 52.8 Å². The second kappa shape index (κ2) is 10.5. The van der Waals surface area contributed by atoms with Gasteiger partial charge < -0.3 is 4.57 Å². The molecule has 12 heteroatoms. The predicted molar refractivity (Wildman–Crippen MR) is 133 cm³/mol. The van der Waals surface area contributed by atoms with Gasteiger partial charge in [0.2, 0.25) is 20.0 Å². The van der Waals surface area contributed by atoms with E-state index in [0.717, 1.165) is 24.8 Å². The number of fused-ring (bicyclic) bond motifs is 1.